The third-order valence-electron chi connectivity index (χ3n) is 2.42. The van der Waals surface area contributed by atoms with Crippen LogP contribution in [0.1, 0.15) is 21.5 Å². The average molecular weight is 248 g/mol. The molecular formula is C15H8N2O2. The molecule has 0 radical (unpaired) electrons. The largest absolute Gasteiger partial charge is 0.423 e. The zero-order valence-corrected chi connectivity index (χ0v) is 9.83. The molecule has 0 atom stereocenters. The highest BCUT2D eigenvalue weighted by atomic mass is 16.5. The highest BCUT2D eigenvalue weighted by Crippen LogP contribution is 2.14. The first-order valence-electron chi connectivity index (χ1n) is 5.45. The lowest BCUT2D eigenvalue weighted by Crippen LogP contribution is -2.08. The van der Waals surface area contributed by atoms with Gasteiger partial charge in [-0.1, -0.05) is 6.07 Å². The van der Waals surface area contributed by atoms with Gasteiger partial charge in [0.1, 0.15) is 5.75 Å². The number of ether oxygens (including phenoxy) is 1. The predicted molar refractivity (Wildman–Crippen MR) is 67.3 cm³/mol. The summed E-state index contributed by atoms with van der Waals surface area (Å²) in [6.07, 6.45) is 0. The predicted octanol–water partition coefficient (Wildman–Crippen LogP) is 2.65. The van der Waals surface area contributed by atoms with E-state index in [0.29, 0.717) is 22.4 Å². The number of rotatable bonds is 2. The Morgan fingerprint density at radius 1 is 0.947 bits per heavy atom. The Morgan fingerprint density at radius 2 is 1.63 bits per heavy atom. The quantitative estimate of drug-likeness (QED) is 0.604. The Bertz CT molecular complexity index is 691. The van der Waals surface area contributed by atoms with E-state index < -0.39 is 5.97 Å². The minimum absolute atomic E-state index is 0.309. The van der Waals surface area contributed by atoms with E-state index in [4.69, 9.17) is 15.3 Å². The maximum atomic E-state index is 11.8. The van der Waals surface area contributed by atoms with Crippen LogP contribution < -0.4 is 4.74 Å². The van der Waals surface area contributed by atoms with Gasteiger partial charge in [-0.25, -0.2) is 4.79 Å². The highest BCUT2D eigenvalue weighted by molar-refractivity contribution is 5.91. The molecule has 0 bridgehead atoms. The second-order valence-corrected chi connectivity index (χ2v) is 3.72. The zero-order chi connectivity index (χ0) is 13.7. The summed E-state index contributed by atoms with van der Waals surface area (Å²) in [5, 5.41) is 17.4. The van der Waals surface area contributed by atoms with Crippen molar-refractivity contribution in [2.75, 3.05) is 0 Å². The van der Waals surface area contributed by atoms with E-state index in [-0.39, 0.29) is 0 Å². The summed E-state index contributed by atoms with van der Waals surface area (Å²) in [6, 6.07) is 16.4. The maximum Gasteiger partial charge on any atom is 0.343 e. The van der Waals surface area contributed by atoms with E-state index >= 15 is 0 Å². The van der Waals surface area contributed by atoms with Gasteiger partial charge in [-0.05, 0) is 42.5 Å². The molecule has 0 fully saturated rings. The van der Waals surface area contributed by atoms with Gasteiger partial charge in [0.2, 0.25) is 0 Å². The molecule has 90 valence electrons. The summed E-state index contributed by atoms with van der Waals surface area (Å²) in [6.45, 7) is 0. The van der Waals surface area contributed by atoms with Crippen molar-refractivity contribution in [3.05, 3.63) is 65.2 Å². The fraction of sp³-hybridized carbons (Fsp3) is 0. The second kappa shape index (κ2) is 5.48. The molecule has 0 aromatic heterocycles. The fourth-order valence-corrected chi connectivity index (χ4v) is 1.48. The Morgan fingerprint density at radius 3 is 2.26 bits per heavy atom. The van der Waals surface area contributed by atoms with Crippen molar-refractivity contribution in [1.29, 1.82) is 10.5 Å². The number of carbonyl (C=O) groups excluding carboxylic acids is 1. The first kappa shape index (κ1) is 12.3. The van der Waals surface area contributed by atoms with Crippen molar-refractivity contribution >= 4 is 5.97 Å². The molecule has 0 N–H and O–H groups in total. The van der Waals surface area contributed by atoms with Crippen LogP contribution in [0.3, 0.4) is 0 Å². The first-order valence-corrected chi connectivity index (χ1v) is 5.45. The molecule has 2 aromatic carbocycles. The van der Waals surface area contributed by atoms with Gasteiger partial charge < -0.3 is 4.74 Å². The van der Waals surface area contributed by atoms with E-state index in [1.165, 1.54) is 6.07 Å². The van der Waals surface area contributed by atoms with Gasteiger partial charge in [0.05, 0.1) is 28.8 Å². The molecule has 0 aliphatic heterocycles. The van der Waals surface area contributed by atoms with E-state index in [2.05, 4.69) is 0 Å². The summed E-state index contributed by atoms with van der Waals surface area (Å²) in [5.74, 6) is -0.187. The highest BCUT2D eigenvalue weighted by Gasteiger charge is 2.09. The van der Waals surface area contributed by atoms with Crippen LogP contribution >= 0.6 is 0 Å². The van der Waals surface area contributed by atoms with Crippen molar-refractivity contribution in [2.24, 2.45) is 0 Å². The molecule has 2 rings (SSSR count). The Labute approximate surface area is 110 Å². The summed E-state index contributed by atoms with van der Waals surface area (Å²) >= 11 is 0. The molecule has 4 nitrogen and oxygen atoms in total. The van der Waals surface area contributed by atoms with Crippen LogP contribution in [0.15, 0.2) is 48.5 Å². The first-order chi connectivity index (χ1) is 9.22. The Kier molecular flexibility index (Phi) is 3.56. The van der Waals surface area contributed by atoms with Crippen LogP contribution in [0.5, 0.6) is 5.75 Å². The maximum absolute atomic E-state index is 11.8. The molecular weight excluding hydrogens is 240 g/mol. The molecule has 0 spiro atoms. The summed E-state index contributed by atoms with van der Waals surface area (Å²) < 4.78 is 5.14. The number of benzene rings is 2. The molecule has 0 saturated carbocycles. The smallest absolute Gasteiger partial charge is 0.343 e. The number of nitriles is 2. The van der Waals surface area contributed by atoms with E-state index in [1.807, 2.05) is 12.1 Å². The molecule has 0 aliphatic rings. The van der Waals surface area contributed by atoms with Crippen molar-refractivity contribution in [3.63, 3.8) is 0 Å². The average Bonchev–Trinajstić information content (AvgIpc) is 2.48. The van der Waals surface area contributed by atoms with E-state index in [9.17, 15) is 4.79 Å². The zero-order valence-electron chi connectivity index (χ0n) is 9.83. The molecule has 0 heterocycles. The van der Waals surface area contributed by atoms with Crippen LogP contribution in [0.2, 0.25) is 0 Å². The lowest BCUT2D eigenvalue weighted by molar-refractivity contribution is 0.0734. The summed E-state index contributed by atoms with van der Waals surface area (Å²) in [4.78, 5) is 11.8. The topological polar surface area (TPSA) is 73.9 Å². The number of carbonyl (C=O) groups is 1. The standard InChI is InChI=1S/C15H8N2O2/c16-9-11-4-6-14(7-5-11)19-15(18)13-3-1-2-12(8-13)10-17/h1-8H. The van der Waals surface area contributed by atoms with Crippen LogP contribution in [0, 0.1) is 22.7 Å². The molecule has 0 aliphatic carbocycles. The van der Waals surface area contributed by atoms with Crippen molar-refractivity contribution in [3.8, 4) is 17.9 Å². The van der Waals surface area contributed by atoms with Crippen molar-refractivity contribution < 1.29 is 9.53 Å². The van der Waals surface area contributed by atoms with Gasteiger partial charge in [0.25, 0.3) is 0 Å². The van der Waals surface area contributed by atoms with Crippen molar-refractivity contribution in [2.45, 2.75) is 0 Å². The van der Waals surface area contributed by atoms with Crippen LogP contribution in [0.25, 0.3) is 0 Å². The molecule has 19 heavy (non-hydrogen) atoms. The van der Waals surface area contributed by atoms with E-state index in [1.54, 1.807) is 42.5 Å². The lowest BCUT2D eigenvalue weighted by atomic mass is 10.1. The van der Waals surface area contributed by atoms with Gasteiger partial charge in [-0.2, -0.15) is 10.5 Å². The third-order valence-corrected chi connectivity index (χ3v) is 2.42. The minimum Gasteiger partial charge on any atom is -0.423 e. The van der Waals surface area contributed by atoms with Crippen LogP contribution in [0.4, 0.5) is 0 Å². The number of esters is 1. The SMILES string of the molecule is N#Cc1ccc(OC(=O)c2cccc(C#N)c2)cc1. The fourth-order valence-electron chi connectivity index (χ4n) is 1.48. The monoisotopic (exact) mass is 248 g/mol. The second-order valence-electron chi connectivity index (χ2n) is 3.72. The Hall–Kier alpha value is -3.11. The van der Waals surface area contributed by atoms with Crippen LogP contribution in [-0.4, -0.2) is 5.97 Å². The lowest BCUT2D eigenvalue weighted by Gasteiger charge is -2.04. The molecule has 0 unspecified atom stereocenters. The van der Waals surface area contributed by atoms with Gasteiger partial charge in [0.15, 0.2) is 0 Å². The number of hydrogen-bond donors (Lipinski definition) is 0. The molecule has 2 aromatic rings. The molecule has 4 heteroatoms. The molecule has 0 amide bonds. The van der Waals surface area contributed by atoms with E-state index in [0.717, 1.165) is 0 Å². The Balaban J connectivity index is 2.16. The minimum atomic E-state index is -0.540. The molecule has 0 saturated heterocycles. The van der Waals surface area contributed by atoms with Gasteiger partial charge >= 0.3 is 5.97 Å². The normalized spacial score (nSPS) is 9.16. The van der Waals surface area contributed by atoms with Gasteiger partial charge in [-0.15, -0.1) is 0 Å². The van der Waals surface area contributed by atoms with Gasteiger partial charge in [0, 0.05) is 0 Å². The third kappa shape index (κ3) is 2.96. The van der Waals surface area contributed by atoms with Crippen molar-refractivity contribution in [1.82, 2.24) is 0 Å². The number of nitrogens with zero attached hydrogens (tertiary/aromatic N) is 2. The summed E-state index contributed by atoms with van der Waals surface area (Å²) in [7, 11) is 0. The summed E-state index contributed by atoms with van der Waals surface area (Å²) in [5.41, 5.74) is 1.20. The van der Waals surface area contributed by atoms with Gasteiger partial charge in [-0.3, -0.25) is 0 Å². The van der Waals surface area contributed by atoms with Crippen LogP contribution in [-0.2, 0) is 0 Å². The number of hydrogen-bond acceptors (Lipinski definition) is 4.